The van der Waals surface area contributed by atoms with Crippen molar-refractivity contribution in [1.82, 2.24) is 0 Å². The Morgan fingerprint density at radius 2 is 1.79 bits per heavy atom. The van der Waals surface area contributed by atoms with E-state index in [-0.39, 0.29) is 15.8 Å². The molecular formula is C7H6BrF3N2O. The maximum Gasteiger partial charge on any atom is 0.573 e. The molecule has 78 valence electrons. The molecule has 0 bridgehead atoms. The lowest BCUT2D eigenvalue weighted by atomic mass is 10.2. The molecule has 14 heavy (non-hydrogen) atoms. The SMILES string of the molecule is Nc1cc(N)c(OC(F)(F)F)c(Br)c1. The zero-order chi connectivity index (χ0) is 10.9. The van der Waals surface area contributed by atoms with Gasteiger partial charge in [0, 0.05) is 5.69 Å². The van der Waals surface area contributed by atoms with Crippen molar-refractivity contribution in [2.24, 2.45) is 0 Å². The minimum Gasteiger partial charge on any atom is -0.402 e. The molecule has 0 unspecified atom stereocenters. The van der Waals surface area contributed by atoms with Gasteiger partial charge in [0.25, 0.3) is 0 Å². The number of nitrogens with two attached hydrogens (primary N) is 2. The van der Waals surface area contributed by atoms with E-state index in [0.717, 1.165) is 0 Å². The first-order chi connectivity index (χ1) is 6.29. The molecule has 0 radical (unpaired) electrons. The molecule has 0 aromatic heterocycles. The van der Waals surface area contributed by atoms with Gasteiger partial charge < -0.3 is 16.2 Å². The molecule has 0 aliphatic carbocycles. The van der Waals surface area contributed by atoms with E-state index >= 15 is 0 Å². The Morgan fingerprint density at radius 3 is 2.21 bits per heavy atom. The van der Waals surface area contributed by atoms with Crippen LogP contribution in [0.15, 0.2) is 16.6 Å². The van der Waals surface area contributed by atoms with Crippen molar-refractivity contribution in [3.05, 3.63) is 16.6 Å². The molecule has 4 N–H and O–H groups in total. The minimum absolute atomic E-state index is 0.0623. The second kappa shape index (κ2) is 3.56. The number of ether oxygens (including phenoxy) is 1. The van der Waals surface area contributed by atoms with Crippen molar-refractivity contribution in [3.8, 4) is 5.75 Å². The van der Waals surface area contributed by atoms with Gasteiger partial charge in [-0.15, -0.1) is 13.2 Å². The monoisotopic (exact) mass is 270 g/mol. The Hall–Kier alpha value is -1.11. The molecule has 0 saturated carbocycles. The summed E-state index contributed by atoms with van der Waals surface area (Å²) < 4.78 is 39.4. The number of nitrogen functional groups attached to an aromatic ring is 2. The molecule has 0 heterocycles. The maximum atomic E-state index is 11.9. The number of halogens is 4. The van der Waals surface area contributed by atoms with E-state index in [1.807, 2.05) is 0 Å². The molecule has 1 rings (SSSR count). The van der Waals surface area contributed by atoms with Crippen molar-refractivity contribution in [3.63, 3.8) is 0 Å². The average molecular weight is 271 g/mol. The van der Waals surface area contributed by atoms with Gasteiger partial charge >= 0.3 is 6.36 Å². The first-order valence-electron chi connectivity index (χ1n) is 3.40. The number of rotatable bonds is 1. The van der Waals surface area contributed by atoms with Crippen LogP contribution in [0.4, 0.5) is 24.5 Å². The predicted octanol–water partition coefficient (Wildman–Crippen LogP) is 2.51. The normalized spacial score (nSPS) is 11.4. The second-order valence-corrected chi connectivity index (χ2v) is 3.32. The van der Waals surface area contributed by atoms with Gasteiger partial charge in [-0.2, -0.15) is 0 Å². The van der Waals surface area contributed by atoms with Crippen LogP contribution < -0.4 is 16.2 Å². The third kappa shape index (κ3) is 2.69. The number of hydrogen-bond donors (Lipinski definition) is 2. The van der Waals surface area contributed by atoms with Gasteiger partial charge in [-0.1, -0.05) is 0 Å². The lowest BCUT2D eigenvalue weighted by molar-refractivity contribution is -0.274. The quantitative estimate of drug-likeness (QED) is 0.771. The molecule has 1 aromatic carbocycles. The Labute approximate surface area is 86.0 Å². The number of benzene rings is 1. The lowest BCUT2D eigenvalue weighted by Gasteiger charge is -2.13. The highest BCUT2D eigenvalue weighted by Crippen LogP contribution is 2.37. The standard InChI is InChI=1S/C7H6BrF3N2O/c8-4-1-3(12)2-5(13)6(4)14-7(9,10)11/h1-2H,12-13H2. The van der Waals surface area contributed by atoms with E-state index in [4.69, 9.17) is 11.5 Å². The summed E-state index contributed by atoms with van der Waals surface area (Å²) in [6.07, 6.45) is -4.77. The lowest BCUT2D eigenvalue weighted by Crippen LogP contribution is -2.18. The first kappa shape index (κ1) is 11.0. The van der Waals surface area contributed by atoms with E-state index in [1.165, 1.54) is 12.1 Å². The fraction of sp³-hybridized carbons (Fsp3) is 0.143. The molecule has 0 aliphatic rings. The van der Waals surface area contributed by atoms with Crippen LogP contribution in [0, 0.1) is 0 Å². The topological polar surface area (TPSA) is 61.3 Å². The van der Waals surface area contributed by atoms with Gasteiger partial charge in [-0.25, -0.2) is 0 Å². The fourth-order valence-electron chi connectivity index (χ4n) is 0.860. The Bertz CT molecular complexity index is 330. The van der Waals surface area contributed by atoms with Crippen LogP contribution in [-0.4, -0.2) is 6.36 Å². The Kier molecular flexibility index (Phi) is 2.79. The van der Waals surface area contributed by atoms with Gasteiger partial charge in [0.05, 0.1) is 10.2 Å². The van der Waals surface area contributed by atoms with Gasteiger partial charge in [0.2, 0.25) is 0 Å². The molecule has 0 atom stereocenters. The molecule has 0 spiro atoms. The van der Waals surface area contributed by atoms with Crippen LogP contribution in [0.5, 0.6) is 5.75 Å². The zero-order valence-corrected chi connectivity index (χ0v) is 8.32. The summed E-state index contributed by atoms with van der Waals surface area (Å²) in [6.45, 7) is 0. The van der Waals surface area contributed by atoms with Gasteiger partial charge in [-0.05, 0) is 28.1 Å². The van der Waals surface area contributed by atoms with Crippen LogP contribution >= 0.6 is 15.9 Å². The van der Waals surface area contributed by atoms with Gasteiger partial charge in [0.1, 0.15) is 0 Å². The van der Waals surface area contributed by atoms with Crippen molar-refractivity contribution < 1.29 is 17.9 Å². The summed E-state index contributed by atoms with van der Waals surface area (Å²) in [5.41, 5.74) is 10.7. The Balaban J connectivity index is 3.09. The third-order valence-corrected chi connectivity index (χ3v) is 1.90. The summed E-state index contributed by atoms with van der Waals surface area (Å²) in [5.74, 6) is -0.480. The summed E-state index contributed by atoms with van der Waals surface area (Å²) in [7, 11) is 0. The molecule has 7 heteroatoms. The van der Waals surface area contributed by atoms with E-state index < -0.39 is 12.1 Å². The van der Waals surface area contributed by atoms with Crippen LogP contribution in [0.1, 0.15) is 0 Å². The minimum atomic E-state index is -4.77. The first-order valence-corrected chi connectivity index (χ1v) is 4.19. The molecule has 3 nitrogen and oxygen atoms in total. The highest BCUT2D eigenvalue weighted by Gasteiger charge is 2.32. The van der Waals surface area contributed by atoms with Crippen LogP contribution in [0.2, 0.25) is 0 Å². The van der Waals surface area contributed by atoms with Gasteiger partial charge in [0.15, 0.2) is 5.75 Å². The van der Waals surface area contributed by atoms with Crippen molar-refractivity contribution in [1.29, 1.82) is 0 Å². The molecule has 0 aliphatic heterocycles. The molecule has 1 aromatic rings. The number of anilines is 2. The maximum absolute atomic E-state index is 11.9. The number of alkyl halides is 3. The molecule has 0 saturated heterocycles. The van der Waals surface area contributed by atoms with E-state index in [1.54, 1.807) is 0 Å². The van der Waals surface area contributed by atoms with E-state index in [9.17, 15) is 13.2 Å². The van der Waals surface area contributed by atoms with E-state index in [2.05, 4.69) is 20.7 Å². The summed E-state index contributed by atoms with van der Waals surface area (Å²) >= 11 is 2.87. The molecular weight excluding hydrogens is 265 g/mol. The zero-order valence-electron chi connectivity index (χ0n) is 6.73. The van der Waals surface area contributed by atoms with Crippen LogP contribution in [-0.2, 0) is 0 Å². The summed E-state index contributed by atoms with van der Waals surface area (Å²) in [4.78, 5) is 0. The average Bonchev–Trinajstić information content (AvgIpc) is 1.95. The van der Waals surface area contributed by atoms with Crippen LogP contribution in [0.3, 0.4) is 0 Å². The Morgan fingerprint density at radius 1 is 1.21 bits per heavy atom. The highest BCUT2D eigenvalue weighted by atomic mass is 79.9. The van der Waals surface area contributed by atoms with E-state index in [0.29, 0.717) is 0 Å². The summed E-state index contributed by atoms with van der Waals surface area (Å²) in [6, 6.07) is 2.46. The summed E-state index contributed by atoms with van der Waals surface area (Å²) in [5, 5.41) is 0. The fourth-order valence-corrected chi connectivity index (χ4v) is 1.43. The predicted molar refractivity (Wildman–Crippen MR) is 49.6 cm³/mol. The highest BCUT2D eigenvalue weighted by molar-refractivity contribution is 9.10. The number of hydrogen-bond acceptors (Lipinski definition) is 3. The third-order valence-electron chi connectivity index (χ3n) is 1.31. The second-order valence-electron chi connectivity index (χ2n) is 2.47. The van der Waals surface area contributed by atoms with Crippen molar-refractivity contribution in [2.75, 3.05) is 11.5 Å². The smallest absolute Gasteiger partial charge is 0.402 e. The largest absolute Gasteiger partial charge is 0.573 e. The van der Waals surface area contributed by atoms with Crippen LogP contribution in [0.25, 0.3) is 0 Å². The van der Waals surface area contributed by atoms with Crippen molar-refractivity contribution in [2.45, 2.75) is 6.36 Å². The van der Waals surface area contributed by atoms with Gasteiger partial charge in [-0.3, -0.25) is 0 Å². The van der Waals surface area contributed by atoms with Crippen molar-refractivity contribution >= 4 is 27.3 Å². The molecule has 0 fully saturated rings. The molecule has 0 amide bonds.